The van der Waals surface area contributed by atoms with Crippen LogP contribution in [0.5, 0.6) is 17.2 Å². The number of ether oxygens (including phenoxy) is 4. The van der Waals surface area contributed by atoms with Crippen molar-refractivity contribution in [3.63, 3.8) is 0 Å². The van der Waals surface area contributed by atoms with Crippen LogP contribution in [-0.4, -0.2) is 38.7 Å². The molecule has 0 bridgehead atoms. The maximum absolute atomic E-state index is 11.1. The first-order chi connectivity index (χ1) is 9.58. The lowest BCUT2D eigenvalue weighted by molar-refractivity contribution is -0.116. The summed E-state index contributed by atoms with van der Waals surface area (Å²) in [5.41, 5.74) is 0.557. The van der Waals surface area contributed by atoms with Gasteiger partial charge in [-0.25, -0.2) is 0 Å². The summed E-state index contributed by atoms with van der Waals surface area (Å²) in [5, 5.41) is 10.0. The highest BCUT2D eigenvalue weighted by atomic mass is 16.7. The molecule has 0 aliphatic heterocycles. The van der Waals surface area contributed by atoms with Gasteiger partial charge < -0.3 is 28.8 Å². The van der Waals surface area contributed by atoms with Gasteiger partial charge in [-0.15, -0.1) is 0 Å². The fourth-order valence-corrected chi connectivity index (χ4v) is 1.62. The predicted molar refractivity (Wildman–Crippen MR) is 72.1 cm³/mol. The Bertz CT molecular complexity index is 444. The van der Waals surface area contributed by atoms with Crippen LogP contribution in [0.4, 0.5) is 0 Å². The molecule has 0 aliphatic rings. The molecule has 0 spiro atoms. The second-order valence-corrected chi connectivity index (χ2v) is 4.22. The van der Waals surface area contributed by atoms with Crippen LogP contribution in [0.15, 0.2) is 12.1 Å². The highest BCUT2D eigenvalue weighted by Crippen LogP contribution is 2.34. The van der Waals surface area contributed by atoms with E-state index < -0.39 is 0 Å². The van der Waals surface area contributed by atoms with Crippen molar-refractivity contribution in [1.29, 1.82) is 0 Å². The number of methoxy groups -OCH3 is 2. The number of phenols is 1. The lowest BCUT2D eigenvalue weighted by atomic mass is 10.1. The quantitative estimate of drug-likeness (QED) is 0.698. The van der Waals surface area contributed by atoms with E-state index in [9.17, 15) is 9.90 Å². The van der Waals surface area contributed by atoms with E-state index in [1.54, 1.807) is 6.07 Å². The molecule has 20 heavy (non-hydrogen) atoms. The van der Waals surface area contributed by atoms with Crippen LogP contribution in [0.25, 0.3) is 0 Å². The van der Waals surface area contributed by atoms with Crippen molar-refractivity contribution >= 4 is 5.78 Å². The standard InChI is InChI=1S/C14H20O6/c1-10(15)4-5-12-13(16)6-11(19-8-17-2)7-14(12)20-9-18-3/h6-7,16H,4-5,8-9H2,1-3H3. The van der Waals surface area contributed by atoms with Gasteiger partial charge in [0.05, 0.1) is 0 Å². The van der Waals surface area contributed by atoms with Crippen molar-refractivity contribution in [2.24, 2.45) is 0 Å². The van der Waals surface area contributed by atoms with Crippen LogP contribution in [0.2, 0.25) is 0 Å². The van der Waals surface area contributed by atoms with Crippen LogP contribution in [0.3, 0.4) is 0 Å². The molecule has 1 rings (SSSR count). The van der Waals surface area contributed by atoms with Gasteiger partial charge in [0.1, 0.15) is 23.0 Å². The number of carbonyl (C=O) groups excluding carboxylic acids is 1. The Kier molecular flexibility index (Phi) is 6.83. The molecule has 1 N–H and O–H groups in total. The fourth-order valence-electron chi connectivity index (χ4n) is 1.62. The van der Waals surface area contributed by atoms with Gasteiger partial charge in [-0.1, -0.05) is 0 Å². The molecule has 1 aromatic rings. The van der Waals surface area contributed by atoms with E-state index in [0.29, 0.717) is 29.9 Å². The molecule has 1 aromatic carbocycles. The van der Waals surface area contributed by atoms with Gasteiger partial charge in [0.2, 0.25) is 0 Å². The third kappa shape index (κ3) is 5.07. The zero-order valence-corrected chi connectivity index (χ0v) is 12.0. The van der Waals surface area contributed by atoms with E-state index >= 15 is 0 Å². The average molecular weight is 284 g/mol. The Balaban J connectivity index is 2.96. The topological polar surface area (TPSA) is 74.2 Å². The maximum atomic E-state index is 11.1. The summed E-state index contributed by atoms with van der Waals surface area (Å²) in [7, 11) is 3.00. The summed E-state index contributed by atoms with van der Waals surface area (Å²) in [6, 6.07) is 3.10. The largest absolute Gasteiger partial charge is 0.507 e. The summed E-state index contributed by atoms with van der Waals surface area (Å²) < 4.78 is 20.3. The second-order valence-electron chi connectivity index (χ2n) is 4.22. The zero-order chi connectivity index (χ0) is 15.0. The molecule has 0 radical (unpaired) electrons. The smallest absolute Gasteiger partial charge is 0.188 e. The summed E-state index contributed by atoms with van der Waals surface area (Å²) >= 11 is 0. The average Bonchev–Trinajstić information content (AvgIpc) is 2.41. The molecule has 0 fully saturated rings. The number of phenolic OH excluding ortho intramolecular Hbond substituents is 1. The minimum atomic E-state index is 0.0194. The number of Topliss-reactive ketones (excluding diaryl/α,β-unsaturated/α-hetero) is 1. The highest BCUT2D eigenvalue weighted by molar-refractivity contribution is 5.76. The summed E-state index contributed by atoms with van der Waals surface area (Å²) in [5.74, 6) is 0.911. The van der Waals surface area contributed by atoms with Crippen LogP contribution >= 0.6 is 0 Å². The summed E-state index contributed by atoms with van der Waals surface area (Å²) in [6.45, 7) is 1.61. The summed E-state index contributed by atoms with van der Waals surface area (Å²) in [4.78, 5) is 11.1. The van der Waals surface area contributed by atoms with Crippen LogP contribution in [0, 0.1) is 0 Å². The van der Waals surface area contributed by atoms with Crippen molar-refractivity contribution < 1.29 is 28.8 Å². The molecule has 6 nitrogen and oxygen atoms in total. The Morgan fingerprint density at radius 3 is 2.40 bits per heavy atom. The molecule has 0 aromatic heterocycles. The zero-order valence-electron chi connectivity index (χ0n) is 12.0. The normalized spacial score (nSPS) is 10.3. The second kappa shape index (κ2) is 8.39. The van der Waals surface area contributed by atoms with E-state index in [4.69, 9.17) is 18.9 Å². The van der Waals surface area contributed by atoms with E-state index in [-0.39, 0.29) is 25.1 Å². The Hall–Kier alpha value is -1.79. The Labute approximate surface area is 118 Å². The van der Waals surface area contributed by atoms with Gasteiger partial charge in [0.15, 0.2) is 13.6 Å². The van der Waals surface area contributed by atoms with Gasteiger partial charge in [-0.05, 0) is 13.3 Å². The molecular formula is C14H20O6. The molecule has 0 amide bonds. The van der Waals surface area contributed by atoms with Crippen LogP contribution < -0.4 is 9.47 Å². The number of rotatable bonds is 9. The molecule has 0 saturated heterocycles. The van der Waals surface area contributed by atoms with Crippen molar-refractivity contribution in [1.82, 2.24) is 0 Å². The molecule has 6 heteroatoms. The lowest BCUT2D eigenvalue weighted by Gasteiger charge is -2.14. The van der Waals surface area contributed by atoms with Crippen molar-refractivity contribution in [2.45, 2.75) is 19.8 Å². The van der Waals surface area contributed by atoms with E-state index in [1.165, 1.54) is 27.2 Å². The number of benzene rings is 1. The van der Waals surface area contributed by atoms with Crippen LogP contribution in [0.1, 0.15) is 18.9 Å². The SMILES string of the molecule is COCOc1cc(O)c(CCC(C)=O)c(OCOC)c1. The van der Waals surface area contributed by atoms with Crippen molar-refractivity contribution in [3.8, 4) is 17.2 Å². The van der Waals surface area contributed by atoms with Crippen LogP contribution in [-0.2, 0) is 20.7 Å². The molecule has 112 valence electrons. The monoisotopic (exact) mass is 284 g/mol. The number of hydrogen-bond acceptors (Lipinski definition) is 6. The number of aromatic hydroxyl groups is 1. The molecule has 0 unspecified atom stereocenters. The first-order valence-electron chi connectivity index (χ1n) is 6.17. The van der Waals surface area contributed by atoms with Gasteiger partial charge in [0.25, 0.3) is 0 Å². The van der Waals surface area contributed by atoms with Crippen molar-refractivity contribution in [2.75, 3.05) is 27.8 Å². The highest BCUT2D eigenvalue weighted by Gasteiger charge is 2.13. The minimum Gasteiger partial charge on any atom is -0.507 e. The van der Waals surface area contributed by atoms with Gasteiger partial charge >= 0.3 is 0 Å². The van der Waals surface area contributed by atoms with Gasteiger partial charge in [-0.3, -0.25) is 0 Å². The third-order valence-corrected chi connectivity index (χ3v) is 2.56. The minimum absolute atomic E-state index is 0.0194. The summed E-state index contributed by atoms with van der Waals surface area (Å²) in [6.07, 6.45) is 0.722. The Morgan fingerprint density at radius 1 is 1.15 bits per heavy atom. The Morgan fingerprint density at radius 2 is 1.80 bits per heavy atom. The number of hydrogen-bond donors (Lipinski definition) is 1. The molecular weight excluding hydrogens is 264 g/mol. The first kappa shape index (κ1) is 16.3. The third-order valence-electron chi connectivity index (χ3n) is 2.56. The first-order valence-corrected chi connectivity index (χ1v) is 6.17. The number of carbonyl (C=O) groups is 1. The maximum Gasteiger partial charge on any atom is 0.188 e. The van der Waals surface area contributed by atoms with Crippen molar-refractivity contribution in [3.05, 3.63) is 17.7 Å². The van der Waals surface area contributed by atoms with E-state index in [0.717, 1.165) is 0 Å². The van der Waals surface area contributed by atoms with E-state index in [1.807, 2.05) is 0 Å². The molecule has 0 saturated carbocycles. The van der Waals surface area contributed by atoms with Gasteiger partial charge in [0, 0.05) is 38.3 Å². The van der Waals surface area contributed by atoms with E-state index in [2.05, 4.69) is 0 Å². The molecule has 0 aliphatic carbocycles. The fraction of sp³-hybridized carbons (Fsp3) is 0.500. The lowest BCUT2D eigenvalue weighted by Crippen LogP contribution is -2.05. The van der Waals surface area contributed by atoms with Gasteiger partial charge in [-0.2, -0.15) is 0 Å². The molecule has 0 atom stereocenters. The number of ketones is 1. The molecule has 0 heterocycles. The predicted octanol–water partition coefficient (Wildman–Crippen LogP) is 1.88.